The van der Waals surface area contributed by atoms with Crippen LogP contribution in [0.3, 0.4) is 0 Å². The van der Waals surface area contributed by atoms with Crippen molar-refractivity contribution in [3.63, 3.8) is 0 Å². The molecule has 20 heavy (non-hydrogen) atoms. The van der Waals surface area contributed by atoms with Gasteiger partial charge in [-0.2, -0.15) is 5.10 Å². The second kappa shape index (κ2) is 5.71. The van der Waals surface area contributed by atoms with Gasteiger partial charge in [-0.15, -0.1) is 0 Å². The molecule has 0 saturated carbocycles. The zero-order chi connectivity index (χ0) is 14.8. The van der Waals surface area contributed by atoms with Crippen molar-refractivity contribution in [3.05, 3.63) is 47.3 Å². The zero-order valence-electron chi connectivity index (χ0n) is 12.2. The van der Waals surface area contributed by atoms with Crippen molar-refractivity contribution in [2.75, 3.05) is 0 Å². The SMILES string of the molecule is CCc1cc(CC(N)(CC)c2ccc(F)cn2)n(C)n1. The van der Waals surface area contributed by atoms with E-state index in [1.165, 1.54) is 12.3 Å². The van der Waals surface area contributed by atoms with Crippen LogP contribution in [0.2, 0.25) is 0 Å². The molecule has 0 radical (unpaired) electrons. The lowest BCUT2D eigenvalue weighted by atomic mass is 9.87. The van der Waals surface area contributed by atoms with Crippen molar-refractivity contribution < 1.29 is 4.39 Å². The van der Waals surface area contributed by atoms with Gasteiger partial charge in [0, 0.05) is 19.2 Å². The highest BCUT2D eigenvalue weighted by molar-refractivity contribution is 5.21. The van der Waals surface area contributed by atoms with E-state index in [0.717, 1.165) is 24.2 Å². The third-order valence-corrected chi connectivity index (χ3v) is 3.75. The predicted molar refractivity (Wildman–Crippen MR) is 76.6 cm³/mol. The lowest BCUT2D eigenvalue weighted by Crippen LogP contribution is -2.39. The first-order valence-electron chi connectivity index (χ1n) is 6.91. The molecule has 2 N–H and O–H groups in total. The number of halogens is 1. The van der Waals surface area contributed by atoms with Crippen LogP contribution < -0.4 is 5.73 Å². The van der Waals surface area contributed by atoms with Gasteiger partial charge < -0.3 is 5.73 Å². The second-order valence-electron chi connectivity index (χ2n) is 5.15. The summed E-state index contributed by atoms with van der Waals surface area (Å²) in [4.78, 5) is 4.14. The third kappa shape index (κ3) is 2.88. The van der Waals surface area contributed by atoms with Crippen LogP contribution in [0.5, 0.6) is 0 Å². The van der Waals surface area contributed by atoms with Crippen molar-refractivity contribution >= 4 is 0 Å². The number of aromatic nitrogens is 3. The molecule has 0 bridgehead atoms. The molecular weight excluding hydrogens is 255 g/mol. The van der Waals surface area contributed by atoms with Crippen LogP contribution in [-0.2, 0) is 25.4 Å². The van der Waals surface area contributed by atoms with Crippen LogP contribution in [0.4, 0.5) is 4.39 Å². The lowest BCUT2D eigenvalue weighted by Gasteiger charge is -2.27. The molecule has 5 heteroatoms. The molecule has 108 valence electrons. The fourth-order valence-electron chi connectivity index (χ4n) is 2.30. The summed E-state index contributed by atoms with van der Waals surface area (Å²) >= 11 is 0. The highest BCUT2D eigenvalue weighted by Gasteiger charge is 2.28. The van der Waals surface area contributed by atoms with E-state index in [9.17, 15) is 4.39 Å². The molecule has 0 spiro atoms. The summed E-state index contributed by atoms with van der Waals surface area (Å²) in [5, 5.41) is 4.44. The molecule has 0 aliphatic rings. The van der Waals surface area contributed by atoms with Gasteiger partial charge in [0.2, 0.25) is 0 Å². The zero-order valence-corrected chi connectivity index (χ0v) is 12.2. The third-order valence-electron chi connectivity index (χ3n) is 3.75. The highest BCUT2D eigenvalue weighted by Crippen LogP contribution is 2.25. The molecule has 0 amide bonds. The molecule has 1 atom stereocenters. The van der Waals surface area contributed by atoms with Crippen LogP contribution in [0.1, 0.15) is 37.4 Å². The second-order valence-corrected chi connectivity index (χ2v) is 5.15. The Morgan fingerprint density at radius 2 is 2.10 bits per heavy atom. The highest BCUT2D eigenvalue weighted by atomic mass is 19.1. The molecule has 2 rings (SSSR count). The van der Waals surface area contributed by atoms with Crippen molar-refractivity contribution in [3.8, 4) is 0 Å². The Labute approximate surface area is 118 Å². The maximum absolute atomic E-state index is 13.0. The Bertz CT molecular complexity index is 576. The average Bonchev–Trinajstić information content (AvgIpc) is 2.79. The number of nitrogens with zero attached hydrogens (tertiary/aromatic N) is 3. The first-order valence-corrected chi connectivity index (χ1v) is 6.91. The number of nitrogens with two attached hydrogens (primary N) is 1. The van der Waals surface area contributed by atoms with Gasteiger partial charge in [-0.25, -0.2) is 4.39 Å². The van der Waals surface area contributed by atoms with Crippen molar-refractivity contribution in [1.82, 2.24) is 14.8 Å². The maximum atomic E-state index is 13.0. The standard InChI is InChI=1S/C15H21FN4/c1-4-12-8-13(20(3)19-12)9-15(17,5-2)14-7-6-11(16)10-18-14/h6-8,10H,4-5,9,17H2,1-3H3. The topological polar surface area (TPSA) is 56.7 Å². The Morgan fingerprint density at radius 1 is 1.35 bits per heavy atom. The first-order chi connectivity index (χ1) is 9.48. The number of aryl methyl sites for hydroxylation is 2. The van der Waals surface area contributed by atoms with Crippen LogP contribution in [0.25, 0.3) is 0 Å². The maximum Gasteiger partial charge on any atom is 0.141 e. The summed E-state index contributed by atoms with van der Waals surface area (Å²) in [5.41, 5.74) is 8.71. The minimum Gasteiger partial charge on any atom is -0.320 e. The number of hydrogen-bond acceptors (Lipinski definition) is 3. The molecule has 0 aliphatic carbocycles. The van der Waals surface area contributed by atoms with Gasteiger partial charge in [0.1, 0.15) is 5.82 Å². The predicted octanol–water partition coefficient (Wildman–Crippen LogP) is 2.32. The summed E-state index contributed by atoms with van der Waals surface area (Å²) in [6.45, 7) is 4.09. The van der Waals surface area contributed by atoms with Gasteiger partial charge >= 0.3 is 0 Å². The summed E-state index contributed by atoms with van der Waals surface area (Å²) in [6.07, 6.45) is 3.46. The fraction of sp³-hybridized carbons (Fsp3) is 0.467. The molecule has 2 aromatic rings. The molecule has 0 saturated heterocycles. The normalized spacial score (nSPS) is 14.2. The van der Waals surface area contributed by atoms with E-state index < -0.39 is 5.54 Å². The molecule has 4 nitrogen and oxygen atoms in total. The van der Waals surface area contributed by atoms with Crippen molar-refractivity contribution in [1.29, 1.82) is 0 Å². The average molecular weight is 276 g/mol. The quantitative estimate of drug-likeness (QED) is 0.911. The lowest BCUT2D eigenvalue weighted by molar-refractivity contribution is 0.399. The van der Waals surface area contributed by atoms with E-state index in [2.05, 4.69) is 23.1 Å². The number of rotatable bonds is 5. The molecule has 2 heterocycles. The van der Waals surface area contributed by atoms with E-state index in [1.54, 1.807) is 6.07 Å². The number of pyridine rings is 1. The summed E-state index contributed by atoms with van der Waals surface area (Å²) < 4.78 is 14.9. The van der Waals surface area contributed by atoms with Gasteiger partial charge in [0.25, 0.3) is 0 Å². The Kier molecular flexibility index (Phi) is 4.18. The molecular formula is C15H21FN4. The smallest absolute Gasteiger partial charge is 0.141 e. The van der Waals surface area contributed by atoms with Gasteiger partial charge in [-0.3, -0.25) is 9.67 Å². The molecule has 0 fully saturated rings. The minimum atomic E-state index is -0.605. The van der Waals surface area contributed by atoms with Crippen molar-refractivity contribution in [2.24, 2.45) is 12.8 Å². The fourth-order valence-corrected chi connectivity index (χ4v) is 2.30. The van der Waals surface area contributed by atoms with E-state index in [-0.39, 0.29) is 5.82 Å². The monoisotopic (exact) mass is 276 g/mol. The van der Waals surface area contributed by atoms with Crippen LogP contribution >= 0.6 is 0 Å². The Morgan fingerprint density at radius 3 is 2.60 bits per heavy atom. The summed E-state index contributed by atoms with van der Waals surface area (Å²) in [5.74, 6) is -0.346. The minimum absolute atomic E-state index is 0.346. The molecule has 0 aromatic carbocycles. The van der Waals surface area contributed by atoms with Gasteiger partial charge in [-0.1, -0.05) is 13.8 Å². The Balaban J connectivity index is 2.31. The van der Waals surface area contributed by atoms with Crippen LogP contribution in [-0.4, -0.2) is 14.8 Å². The Hall–Kier alpha value is -1.75. The largest absolute Gasteiger partial charge is 0.320 e. The van der Waals surface area contributed by atoms with E-state index in [0.29, 0.717) is 12.1 Å². The van der Waals surface area contributed by atoms with Crippen LogP contribution in [0.15, 0.2) is 24.4 Å². The molecule has 2 aromatic heterocycles. The molecule has 0 aliphatic heterocycles. The number of hydrogen-bond donors (Lipinski definition) is 1. The van der Waals surface area contributed by atoms with Gasteiger partial charge in [0.15, 0.2) is 0 Å². The van der Waals surface area contributed by atoms with E-state index in [4.69, 9.17) is 5.73 Å². The van der Waals surface area contributed by atoms with E-state index >= 15 is 0 Å². The van der Waals surface area contributed by atoms with Crippen molar-refractivity contribution in [2.45, 2.75) is 38.6 Å². The molecule has 1 unspecified atom stereocenters. The summed E-state index contributed by atoms with van der Waals surface area (Å²) in [6, 6.07) is 5.14. The summed E-state index contributed by atoms with van der Waals surface area (Å²) in [7, 11) is 1.92. The van der Waals surface area contributed by atoms with Gasteiger partial charge in [-0.05, 0) is 31.0 Å². The van der Waals surface area contributed by atoms with E-state index in [1.807, 2.05) is 18.7 Å². The van der Waals surface area contributed by atoms with Crippen LogP contribution in [0, 0.1) is 5.82 Å². The van der Waals surface area contributed by atoms with Gasteiger partial charge in [0.05, 0.1) is 23.1 Å². The first kappa shape index (κ1) is 14.7.